The van der Waals surface area contributed by atoms with Gasteiger partial charge in [0.2, 0.25) is 0 Å². The second-order valence-corrected chi connectivity index (χ2v) is 5.28. The fraction of sp³-hybridized carbons (Fsp3) is 0.188. The molecule has 0 spiro atoms. The molecule has 3 nitrogen and oxygen atoms in total. The molecule has 2 aromatic carbocycles. The molecular weight excluding hydrogens is 316 g/mol. The third-order valence-electron chi connectivity index (χ3n) is 2.96. The quantitative estimate of drug-likeness (QED) is 0.894. The first kappa shape index (κ1) is 14.6. The lowest BCUT2D eigenvalue weighted by Crippen LogP contribution is -2.39. The third kappa shape index (κ3) is 3.84. The lowest BCUT2D eigenvalue weighted by Gasteiger charge is -2.21. The van der Waals surface area contributed by atoms with Crippen LogP contribution in [0.2, 0.25) is 0 Å². The maximum absolute atomic E-state index is 12.2. The normalized spacial score (nSPS) is 10.1. The number of amides is 2. The van der Waals surface area contributed by atoms with Gasteiger partial charge in [-0.25, -0.2) is 4.79 Å². The Labute approximate surface area is 127 Å². The van der Waals surface area contributed by atoms with Crippen molar-refractivity contribution in [2.24, 2.45) is 0 Å². The van der Waals surface area contributed by atoms with Crippen molar-refractivity contribution < 1.29 is 4.79 Å². The molecule has 0 aliphatic heterocycles. The first-order valence-electron chi connectivity index (χ1n) is 6.55. The lowest BCUT2D eigenvalue weighted by molar-refractivity contribution is 0.246. The average Bonchev–Trinajstić information content (AvgIpc) is 2.47. The summed E-state index contributed by atoms with van der Waals surface area (Å²) in [6, 6.07) is 17.5. The van der Waals surface area contributed by atoms with Gasteiger partial charge in [-0.2, -0.15) is 0 Å². The molecule has 104 valence electrons. The molecule has 2 aromatic rings. The van der Waals surface area contributed by atoms with E-state index in [1.54, 1.807) is 4.90 Å². The summed E-state index contributed by atoms with van der Waals surface area (Å²) in [5.41, 5.74) is 1.97. The van der Waals surface area contributed by atoms with Crippen molar-refractivity contribution >= 4 is 27.6 Å². The highest BCUT2D eigenvalue weighted by Gasteiger charge is 2.12. The Morgan fingerprint density at radius 2 is 1.90 bits per heavy atom. The Hall–Kier alpha value is -1.81. The Balaban J connectivity index is 2.00. The predicted molar refractivity (Wildman–Crippen MR) is 85.8 cm³/mol. The van der Waals surface area contributed by atoms with Crippen LogP contribution in [0, 0.1) is 0 Å². The van der Waals surface area contributed by atoms with E-state index in [2.05, 4.69) is 21.2 Å². The zero-order valence-electron chi connectivity index (χ0n) is 11.3. The Kier molecular flexibility index (Phi) is 5.18. The van der Waals surface area contributed by atoms with Crippen LogP contribution in [0.5, 0.6) is 0 Å². The minimum absolute atomic E-state index is 0.0846. The fourth-order valence-corrected chi connectivity index (χ4v) is 2.42. The number of carbonyl (C=O) groups is 1. The second kappa shape index (κ2) is 7.10. The third-order valence-corrected chi connectivity index (χ3v) is 3.46. The number of urea groups is 1. The summed E-state index contributed by atoms with van der Waals surface area (Å²) in [5.74, 6) is 0. The Morgan fingerprint density at radius 1 is 1.15 bits per heavy atom. The van der Waals surface area contributed by atoms with Crippen LogP contribution in [0.4, 0.5) is 10.5 Å². The van der Waals surface area contributed by atoms with E-state index in [0.717, 1.165) is 15.7 Å². The highest BCUT2D eigenvalue weighted by Crippen LogP contribution is 2.14. The van der Waals surface area contributed by atoms with Gasteiger partial charge >= 0.3 is 6.03 Å². The highest BCUT2D eigenvalue weighted by molar-refractivity contribution is 9.10. The molecule has 2 rings (SSSR count). The number of nitrogens with one attached hydrogen (secondary N) is 1. The van der Waals surface area contributed by atoms with E-state index < -0.39 is 0 Å². The number of hydrogen-bond acceptors (Lipinski definition) is 1. The minimum atomic E-state index is -0.0846. The molecule has 2 amide bonds. The molecule has 0 heterocycles. The van der Waals surface area contributed by atoms with Gasteiger partial charge < -0.3 is 5.32 Å². The number of rotatable bonds is 4. The van der Waals surface area contributed by atoms with Gasteiger partial charge in [0, 0.05) is 23.2 Å². The molecule has 0 bridgehead atoms. The molecule has 0 atom stereocenters. The average molecular weight is 333 g/mol. The van der Waals surface area contributed by atoms with E-state index in [1.807, 2.05) is 61.5 Å². The van der Waals surface area contributed by atoms with Crippen LogP contribution in [-0.2, 0) is 6.54 Å². The minimum Gasteiger partial charge on any atom is -0.334 e. The van der Waals surface area contributed by atoms with Crippen molar-refractivity contribution in [3.05, 3.63) is 64.6 Å². The molecular formula is C16H17BrN2O. The second-order valence-electron chi connectivity index (χ2n) is 4.37. The van der Waals surface area contributed by atoms with E-state index in [9.17, 15) is 4.79 Å². The maximum atomic E-state index is 12.2. The summed E-state index contributed by atoms with van der Waals surface area (Å²) in [4.78, 5) is 14.0. The SMILES string of the molecule is CCN(C(=O)NCc1cccc(Br)c1)c1ccccc1. The van der Waals surface area contributed by atoms with Gasteiger partial charge in [-0.3, -0.25) is 4.90 Å². The molecule has 1 N–H and O–H groups in total. The lowest BCUT2D eigenvalue weighted by atomic mass is 10.2. The van der Waals surface area contributed by atoms with Crippen molar-refractivity contribution in [3.8, 4) is 0 Å². The van der Waals surface area contributed by atoms with Gasteiger partial charge in [-0.15, -0.1) is 0 Å². The molecule has 0 aromatic heterocycles. The number of nitrogens with zero attached hydrogens (tertiary/aromatic N) is 1. The van der Waals surface area contributed by atoms with Crippen LogP contribution in [0.25, 0.3) is 0 Å². The molecule has 0 aliphatic rings. The molecule has 4 heteroatoms. The molecule has 20 heavy (non-hydrogen) atoms. The highest BCUT2D eigenvalue weighted by atomic mass is 79.9. The van der Waals surface area contributed by atoms with Crippen molar-refractivity contribution in [2.75, 3.05) is 11.4 Å². The van der Waals surface area contributed by atoms with E-state index in [0.29, 0.717) is 13.1 Å². The largest absolute Gasteiger partial charge is 0.334 e. The van der Waals surface area contributed by atoms with E-state index in [1.165, 1.54) is 0 Å². The Bertz CT molecular complexity index is 572. The van der Waals surface area contributed by atoms with Gasteiger partial charge in [0.1, 0.15) is 0 Å². The van der Waals surface area contributed by atoms with Crippen molar-refractivity contribution in [2.45, 2.75) is 13.5 Å². The summed E-state index contributed by atoms with van der Waals surface area (Å²) in [7, 11) is 0. The van der Waals surface area contributed by atoms with Crippen molar-refractivity contribution in [3.63, 3.8) is 0 Å². The molecule has 0 unspecified atom stereocenters. The van der Waals surface area contributed by atoms with E-state index in [4.69, 9.17) is 0 Å². The Morgan fingerprint density at radius 3 is 2.55 bits per heavy atom. The topological polar surface area (TPSA) is 32.3 Å². The number of halogens is 1. The summed E-state index contributed by atoms with van der Waals surface area (Å²) in [6.45, 7) is 3.11. The maximum Gasteiger partial charge on any atom is 0.322 e. The summed E-state index contributed by atoms with van der Waals surface area (Å²) < 4.78 is 1.01. The van der Waals surface area contributed by atoms with Crippen LogP contribution in [0.3, 0.4) is 0 Å². The number of anilines is 1. The van der Waals surface area contributed by atoms with E-state index in [-0.39, 0.29) is 6.03 Å². The molecule has 0 saturated heterocycles. The molecule has 0 radical (unpaired) electrons. The standard InChI is InChI=1S/C16H17BrN2O/c1-2-19(15-9-4-3-5-10-15)16(20)18-12-13-7-6-8-14(17)11-13/h3-11H,2,12H2,1H3,(H,18,20). The molecule has 0 fully saturated rings. The van der Waals surface area contributed by atoms with Crippen LogP contribution in [0.15, 0.2) is 59.1 Å². The van der Waals surface area contributed by atoms with Crippen LogP contribution >= 0.6 is 15.9 Å². The zero-order valence-corrected chi connectivity index (χ0v) is 12.9. The van der Waals surface area contributed by atoms with Crippen LogP contribution < -0.4 is 10.2 Å². The monoisotopic (exact) mass is 332 g/mol. The number of carbonyl (C=O) groups excluding carboxylic acids is 1. The van der Waals surface area contributed by atoms with Crippen molar-refractivity contribution in [1.29, 1.82) is 0 Å². The number of benzene rings is 2. The first-order chi connectivity index (χ1) is 9.70. The predicted octanol–water partition coefficient (Wildman–Crippen LogP) is 4.19. The van der Waals surface area contributed by atoms with Gasteiger partial charge in [0.15, 0.2) is 0 Å². The fourth-order valence-electron chi connectivity index (χ4n) is 1.97. The first-order valence-corrected chi connectivity index (χ1v) is 7.35. The molecule has 0 aliphatic carbocycles. The molecule has 0 saturated carbocycles. The van der Waals surface area contributed by atoms with Gasteiger partial charge in [-0.05, 0) is 36.8 Å². The van der Waals surface area contributed by atoms with Crippen LogP contribution in [0.1, 0.15) is 12.5 Å². The number of hydrogen-bond donors (Lipinski definition) is 1. The number of para-hydroxylation sites is 1. The van der Waals surface area contributed by atoms with Crippen molar-refractivity contribution in [1.82, 2.24) is 5.32 Å². The summed E-state index contributed by atoms with van der Waals surface area (Å²) in [6.07, 6.45) is 0. The van der Waals surface area contributed by atoms with E-state index >= 15 is 0 Å². The zero-order chi connectivity index (χ0) is 14.4. The summed E-state index contributed by atoms with van der Waals surface area (Å²) in [5, 5.41) is 2.94. The van der Waals surface area contributed by atoms with Gasteiger partial charge in [0.05, 0.1) is 0 Å². The van der Waals surface area contributed by atoms with Crippen LogP contribution in [-0.4, -0.2) is 12.6 Å². The van der Waals surface area contributed by atoms with Gasteiger partial charge in [-0.1, -0.05) is 46.3 Å². The smallest absolute Gasteiger partial charge is 0.322 e. The summed E-state index contributed by atoms with van der Waals surface area (Å²) >= 11 is 3.43. The van der Waals surface area contributed by atoms with Gasteiger partial charge in [0.25, 0.3) is 0 Å².